The molecule has 4 rings (SSSR count). The van der Waals surface area contributed by atoms with Gasteiger partial charge < -0.3 is 0 Å². The summed E-state index contributed by atoms with van der Waals surface area (Å²) in [6.45, 7) is 2.17. The highest BCUT2D eigenvalue weighted by molar-refractivity contribution is 5.48. The van der Waals surface area contributed by atoms with Crippen molar-refractivity contribution < 1.29 is 13.2 Å². The zero-order valence-corrected chi connectivity index (χ0v) is 16.9. The highest BCUT2D eigenvalue weighted by atomic mass is 19.2. The number of rotatable bonds is 3. The van der Waals surface area contributed by atoms with Gasteiger partial charge in [-0.25, -0.2) is 13.2 Å². The van der Waals surface area contributed by atoms with Crippen LogP contribution in [0.1, 0.15) is 59.1 Å². The van der Waals surface area contributed by atoms with E-state index in [0.717, 1.165) is 49.3 Å². The van der Waals surface area contributed by atoms with Gasteiger partial charge in [-0.3, -0.25) is 0 Å². The van der Waals surface area contributed by atoms with Gasteiger partial charge in [0.05, 0.1) is 11.1 Å². The molecule has 0 bridgehead atoms. The van der Waals surface area contributed by atoms with Gasteiger partial charge in [-0.15, -0.1) is 0 Å². The molecule has 3 aromatic carbocycles. The fourth-order valence-corrected chi connectivity index (χ4v) is 4.14. The average Bonchev–Trinajstić information content (AvgIpc) is 2.75. The Kier molecular flexibility index (Phi) is 5.95. The summed E-state index contributed by atoms with van der Waals surface area (Å²) < 4.78 is 41.8. The molecule has 30 heavy (non-hydrogen) atoms. The molecule has 1 unspecified atom stereocenters. The molecule has 0 spiro atoms. The molecule has 1 atom stereocenters. The SMILES string of the molecule is CCCc1ccc(C2CCc3cc(C#Cc4cccc(F)c4F)c(F)cc3C2)cc1. The van der Waals surface area contributed by atoms with E-state index in [2.05, 4.69) is 43.0 Å². The van der Waals surface area contributed by atoms with Crippen LogP contribution in [0.25, 0.3) is 0 Å². The monoisotopic (exact) mass is 404 g/mol. The second-order valence-electron chi connectivity index (χ2n) is 7.88. The van der Waals surface area contributed by atoms with E-state index in [1.54, 1.807) is 12.1 Å². The number of fused-ring (bicyclic) bond motifs is 1. The van der Waals surface area contributed by atoms with Crippen molar-refractivity contribution in [1.82, 2.24) is 0 Å². The molecule has 0 saturated heterocycles. The predicted octanol–water partition coefficient (Wildman–Crippen LogP) is 6.73. The molecule has 0 heterocycles. The molecule has 1 aliphatic carbocycles. The van der Waals surface area contributed by atoms with Crippen LogP contribution >= 0.6 is 0 Å². The van der Waals surface area contributed by atoms with E-state index in [-0.39, 0.29) is 11.1 Å². The lowest BCUT2D eigenvalue weighted by Gasteiger charge is -2.25. The molecule has 0 aromatic heterocycles. The van der Waals surface area contributed by atoms with Crippen LogP contribution in [0.4, 0.5) is 13.2 Å². The first-order valence-corrected chi connectivity index (χ1v) is 10.4. The fourth-order valence-electron chi connectivity index (χ4n) is 4.14. The van der Waals surface area contributed by atoms with Crippen LogP contribution < -0.4 is 0 Å². The summed E-state index contributed by atoms with van der Waals surface area (Å²) >= 11 is 0. The smallest absolute Gasteiger partial charge is 0.174 e. The van der Waals surface area contributed by atoms with Crippen molar-refractivity contribution in [1.29, 1.82) is 0 Å². The first-order valence-electron chi connectivity index (χ1n) is 10.4. The van der Waals surface area contributed by atoms with E-state index < -0.39 is 17.5 Å². The summed E-state index contributed by atoms with van der Waals surface area (Å²) in [4.78, 5) is 0. The summed E-state index contributed by atoms with van der Waals surface area (Å²) in [5.74, 6) is 3.24. The summed E-state index contributed by atoms with van der Waals surface area (Å²) in [6, 6.07) is 15.9. The molecule has 0 N–H and O–H groups in total. The molecule has 3 heteroatoms. The van der Waals surface area contributed by atoms with Crippen molar-refractivity contribution in [3.05, 3.63) is 105 Å². The number of benzene rings is 3. The third-order valence-corrected chi connectivity index (χ3v) is 5.79. The van der Waals surface area contributed by atoms with E-state index in [9.17, 15) is 13.2 Å². The summed E-state index contributed by atoms with van der Waals surface area (Å²) in [5, 5.41) is 0. The normalized spacial score (nSPS) is 15.3. The van der Waals surface area contributed by atoms with Crippen molar-refractivity contribution >= 4 is 0 Å². The fraction of sp³-hybridized carbons (Fsp3) is 0.259. The lowest BCUT2D eigenvalue weighted by Crippen LogP contribution is -2.13. The van der Waals surface area contributed by atoms with Gasteiger partial charge in [-0.2, -0.15) is 0 Å². The summed E-state index contributed by atoms with van der Waals surface area (Å²) in [7, 11) is 0. The molecule has 0 radical (unpaired) electrons. The quantitative estimate of drug-likeness (QED) is 0.425. The summed E-state index contributed by atoms with van der Waals surface area (Å²) in [5.41, 5.74) is 4.88. The standard InChI is InChI=1S/C27H23F3/c1-2-4-18-7-9-19(10-8-18)21-12-13-22-15-23(26(29)17-24(22)16-21)14-11-20-5-3-6-25(28)27(20)30/h3,5-10,15,17,21H,2,4,12-13,16H2,1H3. The van der Waals surface area contributed by atoms with Crippen LogP contribution in [0.3, 0.4) is 0 Å². The maximum absolute atomic E-state index is 14.7. The molecule has 1 aliphatic rings. The molecular weight excluding hydrogens is 381 g/mol. The Bertz CT molecular complexity index is 1120. The van der Waals surface area contributed by atoms with Gasteiger partial charge in [0, 0.05) is 0 Å². The topological polar surface area (TPSA) is 0 Å². The lowest BCUT2D eigenvalue weighted by molar-refractivity contribution is 0.506. The Morgan fingerprint density at radius 1 is 0.867 bits per heavy atom. The minimum atomic E-state index is -1.00. The zero-order valence-electron chi connectivity index (χ0n) is 16.9. The molecule has 0 saturated carbocycles. The number of halogens is 3. The van der Waals surface area contributed by atoms with Gasteiger partial charge in [-0.05, 0) is 78.1 Å². The third-order valence-electron chi connectivity index (χ3n) is 5.79. The van der Waals surface area contributed by atoms with E-state index in [1.807, 2.05) is 0 Å². The maximum atomic E-state index is 14.7. The zero-order chi connectivity index (χ0) is 21.1. The molecule has 3 aromatic rings. The molecule has 0 amide bonds. The summed E-state index contributed by atoms with van der Waals surface area (Å²) in [6.07, 6.45) is 4.86. The highest BCUT2D eigenvalue weighted by Crippen LogP contribution is 2.34. The Labute approximate surface area is 175 Å². The van der Waals surface area contributed by atoms with E-state index in [0.29, 0.717) is 5.92 Å². The van der Waals surface area contributed by atoms with Crippen LogP contribution in [-0.4, -0.2) is 0 Å². The first-order chi connectivity index (χ1) is 14.5. The van der Waals surface area contributed by atoms with E-state index in [4.69, 9.17) is 0 Å². The molecule has 0 nitrogen and oxygen atoms in total. The minimum absolute atomic E-state index is 0.0706. The van der Waals surface area contributed by atoms with E-state index >= 15 is 0 Å². The molecular formula is C27H23F3. The van der Waals surface area contributed by atoms with Gasteiger partial charge in [0.1, 0.15) is 5.82 Å². The van der Waals surface area contributed by atoms with Gasteiger partial charge in [-0.1, -0.05) is 55.5 Å². The first kappa shape index (κ1) is 20.3. The molecule has 0 fully saturated rings. The van der Waals surface area contributed by atoms with Crippen molar-refractivity contribution in [2.24, 2.45) is 0 Å². The van der Waals surface area contributed by atoms with Gasteiger partial charge >= 0.3 is 0 Å². The van der Waals surface area contributed by atoms with Crippen molar-refractivity contribution in [2.75, 3.05) is 0 Å². The minimum Gasteiger partial charge on any atom is -0.206 e. The second kappa shape index (κ2) is 8.79. The van der Waals surface area contributed by atoms with Crippen LogP contribution in [0.15, 0.2) is 54.6 Å². The molecule has 152 valence electrons. The predicted molar refractivity (Wildman–Crippen MR) is 114 cm³/mol. The Morgan fingerprint density at radius 2 is 1.63 bits per heavy atom. The maximum Gasteiger partial charge on any atom is 0.174 e. The van der Waals surface area contributed by atoms with Crippen molar-refractivity contribution in [3.63, 3.8) is 0 Å². The molecule has 0 aliphatic heterocycles. The Hall–Kier alpha value is -2.99. The average molecular weight is 404 g/mol. The van der Waals surface area contributed by atoms with Gasteiger partial charge in [0.15, 0.2) is 11.6 Å². The van der Waals surface area contributed by atoms with Crippen molar-refractivity contribution in [2.45, 2.75) is 44.9 Å². The van der Waals surface area contributed by atoms with Gasteiger partial charge in [0.25, 0.3) is 0 Å². The Morgan fingerprint density at radius 3 is 2.40 bits per heavy atom. The number of hydrogen-bond acceptors (Lipinski definition) is 0. The third kappa shape index (κ3) is 4.28. The van der Waals surface area contributed by atoms with Crippen LogP contribution in [-0.2, 0) is 19.3 Å². The number of hydrogen-bond donors (Lipinski definition) is 0. The Balaban J connectivity index is 1.55. The highest BCUT2D eigenvalue weighted by Gasteiger charge is 2.21. The van der Waals surface area contributed by atoms with Crippen LogP contribution in [0.2, 0.25) is 0 Å². The number of aryl methyl sites for hydroxylation is 2. The van der Waals surface area contributed by atoms with Gasteiger partial charge in [0.2, 0.25) is 0 Å². The second-order valence-corrected chi connectivity index (χ2v) is 7.88. The van der Waals surface area contributed by atoms with Crippen molar-refractivity contribution in [3.8, 4) is 11.8 Å². The van der Waals surface area contributed by atoms with E-state index in [1.165, 1.54) is 23.3 Å². The lowest BCUT2D eigenvalue weighted by atomic mass is 9.79. The van der Waals surface area contributed by atoms with Crippen LogP contribution in [0, 0.1) is 29.3 Å². The largest absolute Gasteiger partial charge is 0.206 e. The van der Waals surface area contributed by atoms with Crippen LogP contribution in [0.5, 0.6) is 0 Å².